The van der Waals surface area contributed by atoms with Crippen LogP contribution < -0.4 is 5.32 Å². The minimum Gasteiger partial charge on any atom is -0.390 e. The average Bonchev–Trinajstić information content (AvgIpc) is 3.27. The van der Waals surface area contributed by atoms with E-state index in [1.54, 1.807) is 6.26 Å². The van der Waals surface area contributed by atoms with Gasteiger partial charge in [0.2, 0.25) is 5.91 Å². The van der Waals surface area contributed by atoms with Crippen molar-refractivity contribution in [3.05, 3.63) is 0 Å². The number of likely N-dealkylation sites (N-methyl/N-ethyl adjacent to an activating group) is 1. The van der Waals surface area contributed by atoms with Gasteiger partial charge in [-0.25, -0.2) is 0 Å². The summed E-state index contributed by atoms with van der Waals surface area (Å²) in [5.41, 5.74) is -0.783. The van der Waals surface area contributed by atoms with E-state index in [0.717, 1.165) is 25.8 Å². The molecule has 1 aliphatic carbocycles. The van der Waals surface area contributed by atoms with Crippen LogP contribution in [0, 0.1) is 11.8 Å². The van der Waals surface area contributed by atoms with Gasteiger partial charge in [0.1, 0.15) is 29.9 Å². The second-order valence-corrected chi connectivity index (χ2v) is 10.3. The van der Waals surface area contributed by atoms with E-state index in [2.05, 4.69) is 12.2 Å². The first-order valence-corrected chi connectivity index (χ1v) is 12.6. The first-order valence-electron chi connectivity index (χ1n) is 11.3. The van der Waals surface area contributed by atoms with Crippen LogP contribution in [0.2, 0.25) is 0 Å². The van der Waals surface area contributed by atoms with Crippen LogP contribution in [0.15, 0.2) is 0 Å². The Kier molecular flexibility index (Phi) is 8.64. The summed E-state index contributed by atoms with van der Waals surface area (Å²) in [7, 11) is 1.92. The van der Waals surface area contributed by atoms with Gasteiger partial charge >= 0.3 is 0 Å². The van der Waals surface area contributed by atoms with E-state index in [4.69, 9.17) is 4.74 Å². The van der Waals surface area contributed by atoms with Crippen molar-refractivity contribution in [3.63, 3.8) is 0 Å². The Hall–Kier alpha value is -0.460. The predicted molar refractivity (Wildman–Crippen MR) is 116 cm³/mol. The summed E-state index contributed by atoms with van der Waals surface area (Å²) in [4.78, 5) is 15.3. The number of ether oxygens (including phenoxy) is 1. The van der Waals surface area contributed by atoms with E-state index in [-0.39, 0.29) is 11.9 Å². The van der Waals surface area contributed by atoms with Crippen molar-refractivity contribution in [2.75, 3.05) is 19.8 Å². The summed E-state index contributed by atoms with van der Waals surface area (Å²) in [6, 6.07) is -1.14. The van der Waals surface area contributed by atoms with Gasteiger partial charge in [-0.05, 0) is 44.9 Å². The highest BCUT2D eigenvalue weighted by Gasteiger charge is 2.52. The summed E-state index contributed by atoms with van der Waals surface area (Å²) in [6.45, 7) is 2.96. The predicted octanol–water partition coefficient (Wildman–Crippen LogP) is -1.11. The Morgan fingerprint density at radius 1 is 1.13 bits per heavy atom. The van der Waals surface area contributed by atoms with Crippen LogP contribution in [0.4, 0.5) is 0 Å². The van der Waals surface area contributed by atoms with Gasteiger partial charge in [-0.1, -0.05) is 13.3 Å². The molecule has 1 saturated carbocycles. The van der Waals surface area contributed by atoms with Crippen molar-refractivity contribution in [1.82, 2.24) is 10.2 Å². The van der Waals surface area contributed by atoms with Gasteiger partial charge in [0.15, 0.2) is 0 Å². The third-order valence-corrected chi connectivity index (χ3v) is 8.08. The molecule has 3 fully saturated rings. The fourth-order valence-electron chi connectivity index (χ4n) is 5.47. The normalized spacial score (nSPS) is 45.0. The van der Waals surface area contributed by atoms with E-state index in [0.29, 0.717) is 18.8 Å². The first-order chi connectivity index (χ1) is 14.7. The Balaban J connectivity index is 1.81. The largest absolute Gasteiger partial charge is 0.390 e. The number of aliphatic hydroxyl groups is 5. The summed E-state index contributed by atoms with van der Waals surface area (Å²) in [5.74, 6) is -0.309. The fraction of sp³-hybridized carbons (Fsp3) is 0.952. The molecule has 2 heterocycles. The van der Waals surface area contributed by atoms with Gasteiger partial charge in [0.05, 0.1) is 24.3 Å². The zero-order chi connectivity index (χ0) is 22.9. The van der Waals surface area contributed by atoms with Gasteiger partial charge in [0, 0.05) is 12.5 Å². The Morgan fingerprint density at radius 3 is 2.42 bits per heavy atom. The molecule has 3 rings (SSSR count). The van der Waals surface area contributed by atoms with Crippen LogP contribution in [0.5, 0.6) is 0 Å². The van der Waals surface area contributed by atoms with E-state index < -0.39 is 54.0 Å². The molecule has 0 aromatic heterocycles. The fourth-order valence-corrected chi connectivity index (χ4v) is 6.15. The third kappa shape index (κ3) is 5.22. The van der Waals surface area contributed by atoms with E-state index >= 15 is 0 Å². The Bertz CT molecular complexity index is 612. The summed E-state index contributed by atoms with van der Waals surface area (Å²) in [5, 5.41) is 54.9. The monoisotopic (exact) mass is 462 g/mol. The summed E-state index contributed by atoms with van der Waals surface area (Å²) in [6.07, 6.45) is -1.79. The standard InChI is InChI=1S/C21H38N2O7S/c1-4-5-10-8-12(23(2)9-10)20(29)22-14(11-6-7-13(24)15(11)25)19-17(27)16(26)18(28)21(30-19)31-3/h10-19,21,24-28H,4-9H2,1-3H3,(H,22,29)/t10-,11+,12+,13?,14-,15?,16?,17?,18?,19?,21?/m1/s1. The molecule has 10 heteroatoms. The lowest BCUT2D eigenvalue weighted by Crippen LogP contribution is -2.65. The maximum absolute atomic E-state index is 13.3. The minimum atomic E-state index is -1.44. The van der Waals surface area contributed by atoms with E-state index in [1.807, 2.05) is 11.9 Å². The molecule has 2 aliphatic heterocycles. The number of nitrogens with zero attached hydrogens (tertiary/aromatic N) is 1. The Morgan fingerprint density at radius 2 is 1.84 bits per heavy atom. The zero-order valence-electron chi connectivity index (χ0n) is 18.5. The number of thioether (sulfide) groups is 1. The number of aliphatic hydroxyl groups excluding tert-OH is 5. The molecule has 31 heavy (non-hydrogen) atoms. The molecule has 3 aliphatic rings. The van der Waals surface area contributed by atoms with Gasteiger partial charge in [0.25, 0.3) is 0 Å². The lowest BCUT2D eigenvalue weighted by molar-refractivity contribution is -0.211. The topological polar surface area (TPSA) is 143 Å². The number of likely N-dealkylation sites (tertiary alicyclic amines) is 1. The SMILES string of the molecule is CCC[C@@H]1C[C@@H](C(=O)N[C@@H](C2OC(SC)C(O)C(O)C2O)[C@@H]2CCC(O)C2O)N(C)C1. The first kappa shape index (κ1) is 25.2. The molecule has 0 bridgehead atoms. The van der Waals surface area contributed by atoms with E-state index in [9.17, 15) is 30.3 Å². The molecule has 0 spiro atoms. The number of hydrogen-bond donors (Lipinski definition) is 6. The molecule has 7 unspecified atom stereocenters. The molecule has 0 aromatic rings. The maximum atomic E-state index is 13.3. The number of hydrogen-bond acceptors (Lipinski definition) is 9. The lowest BCUT2D eigenvalue weighted by atomic mass is 9.85. The van der Waals surface area contributed by atoms with Crippen LogP contribution >= 0.6 is 11.8 Å². The van der Waals surface area contributed by atoms with Gasteiger partial charge in [-0.15, -0.1) is 11.8 Å². The molecule has 9 nitrogen and oxygen atoms in total. The second-order valence-electron chi connectivity index (χ2n) is 9.36. The van der Waals surface area contributed by atoms with Crippen molar-refractivity contribution in [1.29, 1.82) is 0 Å². The number of carbonyl (C=O) groups excluding carboxylic acids is 1. The molecule has 6 N–H and O–H groups in total. The summed E-state index contributed by atoms with van der Waals surface area (Å²) >= 11 is 1.20. The van der Waals surface area contributed by atoms with Crippen LogP contribution in [-0.2, 0) is 9.53 Å². The minimum absolute atomic E-state index is 0.211. The number of nitrogens with one attached hydrogen (secondary N) is 1. The highest BCUT2D eigenvalue weighted by atomic mass is 32.2. The number of amides is 1. The van der Waals surface area contributed by atoms with Gasteiger partial charge in [-0.2, -0.15) is 0 Å². The number of rotatable bonds is 7. The molecule has 1 amide bonds. The highest BCUT2D eigenvalue weighted by Crippen LogP contribution is 2.36. The van der Waals surface area contributed by atoms with Crippen molar-refractivity contribution in [2.24, 2.45) is 11.8 Å². The van der Waals surface area contributed by atoms with Crippen molar-refractivity contribution >= 4 is 17.7 Å². The van der Waals surface area contributed by atoms with Crippen molar-refractivity contribution < 1.29 is 35.1 Å². The highest BCUT2D eigenvalue weighted by molar-refractivity contribution is 7.99. The van der Waals surface area contributed by atoms with Crippen molar-refractivity contribution in [2.45, 2.75) is 93.2 Å². The third-order valence-electron chi connectivity index (χ3n) is 7.23. The molecule has 0 aromatic carbocycles. The summed E-state index contributed by atoms with van der Waals surface area (Å²) < 4.78 is 5.92. The van der Waals surface area contributed by atoms with Crippen molar-refractivity contribution in [3.8, 4) is 0 Å². The zero-order valence-corrected chi connectivity index (χ0v) is 19.3. The molecule has 11 atom stereocenters. The maximum Gasteiger partial charge on any atom is 0.237 e. The molecular weight excluding hydrogens is 424 g/mol. The number of carbonyl (C=O) groups is 1. The lowest BCUT2D eigenvalue weighted by Gasteiger charge is -2.45. The molecule has 180 valence electrons. The van der Waals surface area contributed by atoms with Gasteiger partial charge < -0.3 is 35.6 Å². The smallest absolute Gasteiger partial charge is 0.237 e. The molecular formula is C21H38N2O7S. The molecule has 0 radical (unpaired) electrons. The van der Waals surface area contributed by atoms with Gasteiger partial charge in [-0.3, -0.25) is 9.69 Å². The van der Waals surface area contributed by atoms with Crippen LogP contribution in [0.25, 0.3) is 0 Å². The molecule has 2 saturated heterocycles. The second kappa shape index (κ2) is 10.6. The average molecular weight is 463 g/mol. The van der Waals surface area contributed by atoms with Crippen LogP contribution in [0.3, 0.4) is 0 Å². The Labute approximate surface area is 188 Å². The van der Waals surface area contributed by atoms with Crippen LogP contribution in [0.1, 0.15) is 39.0 Å². The van der Waals surface area contributed by atoms with E-state index in [1.165, 1.54) is 11.8 Å². The van der Waals surface area contributed by atoms with Crippen LogP contribution in [-0.4, -0.2) is 110 Å². The quantitative estimate of drug-likeness (QED) is 0.278.